The third-order valence-electron chi connectivity index (χ3n) is 2.16. The van der Waals surface area contributed by atoms with Crippen molar-refractivity contribution in [1.82, 2.24) is 4.98 Å². The Morgan fingerprint density at radius 1 is 1.10 bits per heavy atom. The number of nitrogens with zero attached hydrogens (tertiary/aromatic N) is 1. The molecule has 20 heavy (non-hydrogen) atoms. The molecule has 114 valence electrons. The first kappa shape index (κ1) is 16.8. The average Bonchev–Trinajstić information content (AvgIpc) is 2.35. The zero-order valence-electron chi connectivity index (χ0n) is 9.53. The van der Waals surface area contributed by atoms with Gasteiger partial charge in [0.1, 0.15) is 5.75 Å². The summed E-state index contributed by atoms with van der Waals surface area (Å²) in [6.45, 7) is -2.13. The van der Waals surface area contributed by atoms with Gasteiger partial charge in [0.2, 0.25) is 0 Å². The van der Waals surface area contributed by atoms with Gasteiger partial charge in [-0.25, -0.2) is 0 Å². The Bertz CT molecular complexity index is 463. The second-order valence-electron chi connectivity index (χ2n) is 3.68. The molecule has 0 aromatic carbocycles. The molecule has 1 heterocycles. The molecule has 0 aliphatic rings. The molecule has 0 fully saturated rings. The largest absolute Gasteiger partial charge is 0.487 e. The lowest BCUT2D eigenvalue weighted by atomic mass is 10.2. The summed E-state index contributed by atoms with van der Waals surface area (Å²) in [6, 6.07) is 2.08. The first-order valence-electron chi connectivity index (χ1n) is 4.97. The second kappa shape index (κ2) is 5.63. The highest BCUT2D eigenvalue weighted by atomic mass is 35.5. The molecule has 0 saturated carbocycles. The third kappa shape index (κ3) is 3.44. The van der Waals surface area contributed by atoms with Crippen molar-refractivity contribution in [2.24, 2.45) is 0 Å². The van der Waals surface area contributed by atoms with Crippen LogP contribution >= 0.6 is 11.6 Å². The van der Waals surface area contributed by atoms with Gasteiger partial charge in [-0.2, -0.15) is 30.7 Å². The Kier molecular flexibility index (Phi) is 4.73. The first-order valence-corrected chi connectivity index (χ1v) is 5.51. The molecule has 0 N–H and O–H groups in total. The Balaban J connectivity index is 2.81. The van der Waals surface area contributed by atoms with E-state index in [0.29, 0.717) is 0 Å². The summed E-state index contributed by atoms with van der Waals surface area (Å²) >= 11 is 5.39. The Morgan fingerprint density at radius 2 is 1.70 bits per heavy atom. The van der Waals surface area contributed by atoms with Gasteiger partial charge in [0.15, 0.2) is 6.61 Å². The molecule has 0 unspecified atom stereocenters. The summed E-state index contributed by atoms with van der Waals surface area (Å²) in [5, 5.41) is 0. The molecule has 2 nitrogen and oxygen atoms in total. The molecule has 0 radical (unpaired) electrons. The van der Waals surface area contributed by atoms with Crippen LogP contribution in [0.15, 0.2) is 18.3 Å². The molecule has 0 amide bonds. The van der Waals surface area contributed by atoms with E-state index in [1.54, 1.807) is 0 Å². The summed E-state index contributed by atoms with van der Waals surface area (Å²) in [7, 11) is 0. The molecule has 0 atom stereocenters. The van der Waals surface area contributed by atoms with E-state index >= 15 is 0 Å². The monoisotopic (exact) mass is 325 g/mol. The van der Waals surface area contributed by atoms with Crippen LogP contribution in [-0.4, -0.2) is 29.6 Å². The molecule has 1 aromatic heterocycles. The van der Waals surface area contributed by atoms with Gasteiger partial charge in [-0.05, 0) is 6.07 Å². The standard InChI is InChI=1S/C10H7ClF7NO/c11-4-6-3-7(1-2-19-6)20-5-8(12,13)9(14,15)10(16,17)18/h1-3H,4-5H2. The number of hydrogen-bond donors (Lipinski definition) is 0. The van der Waals surface area contributed by atoms with Gasteiger partial charge in [-0.3, -0.25) is 4.98 Å². The zero-order valence-corrected chi connectivity index (χ0v) is 10.3. The molecule has 1 rings (SSSR count). The third-order valence-corrected chi connectivity index (χ3v) is 2.43. The van der Waals surface area contributed by atoms with Crippen molar-refractivity contribution >= 4 is 11.6 Å². The van der Waals surface area contributed by atoms with Gasteiger partial charge in [-0.1, -0.05) is 0 Å². The van der Waals surface area contributed by atoms with E-state index in [-0.39, 0.29) is 17.3 Å². The van der Waals surface area contributed by atoms with Crippen LogP contribution < -0.4 is 4.74 Å². The van der Waals surface area contributed by atoms with Crippen LogP contribution in [0.4, 0.5) is 30.7 Å². The number of alkyl halides is 8. The normalized spacial score (nSPS) is 13.4. The highest BCUT2D eigenvalue weighted by molar-refractivity contribution is 6.16. The van der Waals surface area contributed by atoms with Crippen molar-refractivity contribution in [3.05, 3.63) is 24.0 Å². The van der Waals surface area contributed by atoms with Crippen molar-refractivity contribution in [3.8, 4) is 5.75 Å². The van der Waals surface area contributed by atoms with E-state index in [1.807, 2.05) is 0 Å². The summed E-state index contributed by atoms with van der Waals surface area (Å²) in [4.78, 5) is 3.66. The number of halogens is 8. The van der Waals surface area contributed by atoms with Crippen molar-refractivity contribution < 1.29 is 35.5 Å². The minimum absolute atomic E-state index is 0.105. The number of ether oxygens (including phenoxy) is 1. The predicted octanol–water partition coefficient (Wildman–Crippen LogP) is 4.03. The molecule has 0 saturated heterocycles. The fraction of sp³-hybridized carbons (Fsp3) is 0.500. The van der Waals surface area contributed by atoms with E-state index in [2.05, 4.69) is 9.72 Å². The molecule has 1 aromatic rings. The van der Waals surface area contributed by atoms with Gasteiger partial charge in [-0.15, -0.1) is 11.6 Å². The van der Waals surface area contributed by atoms with E-state index in [9.17, 15) is 30.7 Å². The number of rotatable bonds is 5. The summed E-state index contributed by atoms with van der Waals surface area (Å²) in [5.41, 5.74) is 0.190. The maximum absolute atomic E-state index is 12.9. The van der Waals surface area contributed by atoms with Crippen molar-refractivity contribution in [1.29, 1.82) is 0 Å². The van der Waals surface area contributed by atoms with Crippen LogP contribution in [0.5, 0.6) is 5.75 Å². The maximum Gasteiger partial charge on any atom is 0.460 e. The summed E-state index contributed by atoms with van der Waals surface area (Å²) < 4.78 is 90.8. The minimum Gasteiger partial charge on any atom is -0.487 e. The van der Waals surface area contributed by atoms with Crippen LogP contribution in [0.1, 0.15) is 5.69 Å². The van der Waals surface area contributed by atoms with Gasteiger partial charge >= 0.3 is 18.0 Å². The first-order chi connectivity index (χ1) is 9.01. The van der Waals surface area contributed by atoms with E-state index in [1.165, 1.54) is 0 Å². The fourth-order valence-electron chi connectivity index (χ4n) is 1.09. The number of aromatic nitrogens is 1. The average molecular weight is 326 g/mol. The summed E-state index contributed by atoms with van der Waals surface area (Å²) in [6.07, 6.45) is -5.29. The minimum atomic E-state index is -6.38. The molecule has 0 aliphatic heterocycles. The quantitative estimate of drug-likeness (QED) is 0.602. The maximum atomic E-state index is 12.9. The lowest BCUT2D eigenvalue weighted by molar-refractivity contribution is -0.358. The number of hydrogen-bond acceptors (Lipinski definition) is 2. The van der Waals surface area contributed by atoms with Crippen LogP contribution in [0, 0.1) is 0 Å². The van der Waals surface area contributed by atoms with E-state index < -0.39 is 24.6 Å². The molecule has 0 aliphatic carbocycles. The Labute approximate surface area is 113 Å². The van der Waals surface area contributed by atoms with E-state index in [0.717, 1.165) is 18.3 Å². The van der Waals surface area contributed by atoms with Crippen LogP contribution in [0.2, 0.25) is 0 Å². The van der Waals surface area contributed by atoms with Crippen molar-refractivity contribution in [3.63, 3.8) is 0 Å². The summed E-state index contributed by atoms with van der Waals surface area (Å²) in [5.74, 6) is -12.0. The molecule has 0 spiro atoms. The highest BCUT2D eigenvalue weighted by Crippen LogP contribution is 2.46. The molecular weight excluding hydrogens is 319 g/mol. The zero-order chi connectivity index (χ0) is 15.6. The van der Waals surface area contributed by atoms with Crippen LogP contribution in [0.25, 0.3) is 0 Å². The van der Waals surface area contributed by atoms with Crippen molar-refractivity contribution in [2.45, 2.75) is 23.9 Å². The molecule has 0 bridgehead atoms. The lowest BCUT2D eigenvalue weighted by Gasteiger charge is -2.27. The Hall–Kier alpha value is -1.25. The fourth-order valence-corrected chi connectivity index (χ4v) is 1.24. The smallest absolute Gasteiger partial charge is 0.460 e. The number of pyridine rings is 1. The highest BCUT2D eigenvalue weighted by Gasteiger charge is 2.73. The van der Waals surface area contributed by atoms with Crippen LogP contribution in [0.3, 0.4) is 0 Å². The lowest BCUT2D eigenvalue weighted by Crippen LogP contribution is -2.54. The SMILES string of the molecule is FC(F)(F)C(F)(F)C(F)(F)COc1ccnc(CCl)c1. The van der Waals surface area contributed by atoms with Gasteiger partial charge < -0.3 is 4.74 Å². The topological polar surface area (TPSA) is 22.1 Å². The van der Waals surface area contributed by atoms with E-state index in [4.69, 9.17) is 11.6 Å². The molecular formula is C10H7ClF7NO. The van der Waals surface area contributed by atoms with Gasteiger partial charge in [0, 0.05) is 12.3 Å². The Morgan fingerprint density at radius 3 is 2.20 bits per heavy atom. The second-order valence-corrected chi connectivity index (χ2v) is 3.95. The van der Waals surface area contributed by atoms with Gasteiger partial charge in [0.25, 0.3) is 0 Å². The predicted molar refractivity (Wildman–Crippen MR) is 55.2 cm³/mol. The molecule has 10 heteroatoms. The van der Waals surface area contributed by atoms with Gasteiger partial charge in [0.05, 0.1) is 11.6 Å². The van der Waals surface area contributed by atoms with Crippen molar-refractivity contribution in [2.75, 3.05) is 6.61 Å². The van der Waals surface area contributed by atoms with Crippen LogP contribution in [-0.2, 0) is 5.88 Å².